The fourth-order valence-corrected chi connectivity index (χ4v) is 1.05. The molecule has 76 valence electrons. The Bertz CT molecular complexity index is 306. The number of carbonyl (C=O) groups excluding carboxylic acids is 1. The molecule has 0 saturated carbocycles. The van der Waals surface area contributed by atoms with Gasteiger partial charge in [-0.3, -0.25) is 4.79 Å². The van der Waals surface area contributed by atoms with Gasteiger partial charge in [-0.15, -0.1) is 0 Å². The second-order valence-corrected chi connectivity index (χ2v) is 3.24. The Kier molecular flexibility index (Phi) is 3.65. The summed E-state index contributed by atoms with van der Waals surface area (Å²) in [6.45, 7) is 3.92. The molecule has 2 N–H and O–H groups in total. The van der Waals surface area contributed by atoms with Crippen molar-refractivity contribution in [2.24, 2.45) is 5.73 Å². The molecule has 0 fully saturated rings. The maximum atomic E-state index is 11.0. The molecule has 0 radical (unpaired) electrons. The first-order chi connectivity index (χ1) is 6.63. The Morgan fingerprint density at radius 2 is 2.00 bits per heavy atom. The van der Waals surface area contributed by atoms with Crippen LogP contribution < -0.4 is 10.5 Å². The minimum Gasteiger partial charge on any atom is -0.489 e. The predicted molar refractivity (Wildman–Crippen MR) is 55.6 cm³/mol. The number of Topliss-reactive ketones (excluding diaryl/α,β-unsaturated/α-hetero) is 1. The minimum atomic E-state index is -0.00169. The van der Waals surface area contributed by atoms with Crippen LogP contribution in [0.3, 0.4) is 0 Å². The average Bonchev–Trinajstić information content (AvgIpc) is 2.18. The third-order valence-electron chi connectivity index (χ3n) is 1.93. The summed E-state index contributed by atoms with van der Waals surface area (Å²) in [5.41, 5.74) is 6.11. The summed E-state index contributed by atoms with van der Waals surface area (Å²) in [6, 6.07) is 7.06. The Hall–Kier alpha value is -1.35. The van der Waals surface area contributed by atoms with Crippen LogP contribution in [0.4, 0.5) is 0 Å². The Morgan fingerprint density at radius 3 is 2.43 bits per heavy atom. The third kappa shape index (κ3) is 2.85. The van der Waals surface area contributed by atoms with Gasteiger partial charge in [0.2, 0.25) is 0 Å². The molecule has 0 amide bonds. The van der Waals surface area contributed by atoms with Gasteiger partial charge in [-0.05, 0) is 38.1 Å². The smallest absolute Gasteiger partial charge is 0.159 e. The van der Waals surface area contributed by atoms with Crippen LogP contribution in [0.15, 0.2) is 24.3 Å². The summed E-state index contributed by atoms with van der Waals surface area (Å²) in [5.74, 6) is 0.802. The molecule has 3 nitrogen and oxygen atoms in total. The van der Waals surface area contributed by atoms with Crippen LogP contribution >= 0.6 is 0 Å². The fraction of sp³-hybridized carbons (Fsp3) is 0.364. The van der Waals surface area contributed by atoms with E-state index in [1.807, 2.05) is 6.92 Å². The van der Waals surface area contributed by atoms with Crippen LogP contribution in [-0.4, -0.2) is 18.4 Å². The van der Waals surface area contributed by atoms with Crippen molar-refractivity contribution < 1.29 is 9.53 Å². The molecular formula is C11H15NO2. The van der Waals surface area contributed by atoms with E-state index in [0.717, 1.165) is 5.75 Å². The normalized spacial score (nSPS) is 12.2. The van der Waals surface area contributed by atoms with Gasteiger partial charge in [-0.2, -0.15) is 0 Å². The molecule has 1 rings (SSSR count). The standard InChI is InChI=1S/C11H15NO2/c1-8(7-12)14-11-5-3-10(4-6-11)9(2)13/h3-6,8H,7,12H2,1-2H3. The summed E-state index contributed by atoms with van der Waals surface area (Å²) >= 11 is 0. The summed E-state index contributed by atoms with van der Waals surface area (Å²) in [5, 5.41) is 0. The van der Waals surface area contributed by atoms with Crippen LogP contribution in [0.2, 0.25) is 0 Å². The van der Waals surface area contributed by atoms with Crippen LogP contribution in [0.1, 0.15) is 24.2 Å². The van der Waals surface area contributed by atoms with Crippen LogP contribution in [0, 0.1) is 0 Å². The second kappa shape index (κ2) is 4.77. The first-order valence-electron chi connectivity index (χ1n) is 4.61. The van der Waals surface area contributed by atoms with Gasteiger partial charge in [0.1, 0.15) is 11.9 Å². The Balaban J connectivity index is 2.68. The molecule has 3 heteroatoms. The molecule has 0 bridgehead atoms. The highest BCUT2D eigenvalue weighted by atomic mass is 16.5. The molecule has 0 heterocycles. The van der Waals surface area contributed by atoms with Crippen molar-refractivity contribution >= 4 is 5.78 Å². The number of hydrogen-bond donors (Lipinski definition) is 1. The highest BCUT2D eigenvalue weighted by Crippen LogP contribution is 2.13. The molecule has 1 aromatic rings. The Morgan fingerprint density at radius 1 is 1.43 bits per heavy atom. The van der Waals surface area contributed by atoms with Crippen molar-refractivity contribution in [2.75, 3.05) is 6.54 Å². The monoisotopic (exact) mass is 193 g/mol. The molecule has 0 aromatic heterocycles. The van der Waals surface area contributed by atoms with Gasteiger partial charge in [0, 0.05) is 12.1 Å². The first kappa shape index (κ1) is 10.7. The maximum Gasteiger partial charge on any atom is 0.159 e. The highest BCUT2D eigenvalue weighted by molar-refractivity contribution is 5.94. The SMILES string of the molecule is CC(=O)c1ccc(OC(C)CN)cc1. The quantitative estimate of drug-likeness (QED) is 0.739. The molecule has 0 aliphatic heterocycles. The number of rotatable bonds is 4. The van der Waals surface area contributed by atoms with Crippen molar-refractivity contribution in [2.45, 2.75) is 20.0 Å². The van der Waals surface area contributed by atoms with E-state index in [0.29, 0.717) is 12.1 Å². The molecule has 0 aliphatic rings. The van der Waals surface area contributed by atoms with E-state index >= 15 is 0 Å². The largest absolute Gasteiger partial charge is 0.489 e. The molecule has 0 spiro atoms. The van der Waals surface area contributed by atoms with Crippen molar-refractivity contribution in [3.8, 4) is 5.75 Å². The minimum absolute atomic E-state index is 0.00169. The van der Waals surface area contributed by atoms with E-state index in [9.17, 15) is 4.79 Å². The highest BCUT2D eigenvalue weighted by Gasteiger charge is 2.02. The van der Waals surface area contributed by atoms with Gasteiger partial charge in [-0.1, -0.05) is 0 Å². The van der Waals surface area contributed by atoms with Crippen LogP contribution in [0.25, 0.3) is 0 Å². The lowest BCUT2D eigenvalue weighted by molar-refractivity contribution is 0.101. The van der Waals surface area contributed by atoms with Crippen molar-refractivity contribution in [1.82, 2.24) is 0 Å². The summed E-state index contributed by atoms with van der Waals surface area (Å²) in [6.07, 6.45) is -0.00169. The van der Waals surface area contributed by atoms with Crippen LogP contribution in [0.5, 0.6) is 5.75 Å². The van der Waals surface area contributed by atoms with E-state index in [2.05, 4.69) is 0 Å². The second-order valence-electron chi connectivity index (χ2n) is 3.24. The zero-order valence-electron chi connectivity index (χ0n) is 8.49. The zero-order valence-corrected chi connectivity index (χ0v) is 8.49. The lowest BCUT2D eigenvalue weighted by Gasteiger charge is -2.12. The number of carbonyl (C=O) groups is 1. The predicted octanol–water partition coefficient (Wildman–Crippen LogP) is 1.62. The summed E-state index contributed by atoms with van der Waals surface area (Å²) in [7, 11) is 0. The van der Waals surface area contributed by atoms with Gasteiger partial charge >= 0.3 is 0 Å². The number of nitrogens with two attached hydrogens (primary N) is 1. The van der Waals surface area contributed by atoms with Gasteiger partial charge in [0.05, 0.1) is 0 Å². The number of ketones is 1. The van der Waals surface area contributed by atoms with Crippen molar-refractivity contribution in [3.05, 3.63) is 29.8 Å². The third-order valence-corrected chi connectivity index (χ3v) is 1.93. The van der Waals surface area contributed by atoms with Crippen molar-refractivity contribution in [1.29, 1.82) is 0 Å². The molecule has 1 atom stereocenters. The lowest BCUT2D eigenvalue weighted by Crippen LogP contribution is -2.22. The topological polar surface area (TPSA) is 52.3 Å². The fourth-order valence-electron chi connectivity index (χ4n) is 1.05. The molecule has 0 aliphatic carbocycles. The zero-order chi connectivity index (χ0) is 10.6. The average molecular weight is 193 g/mol. The summed E-state index contributed by atoms with van der Waals surface area (Å²) < 4.78 is 5.46. The first-order valence-corrected chi connectivity index (χ1v) is 4.61. The van der Waals surface area contributed by atoms with Crippen LogP contribution in [-0.2, 0) is 0 Å². The van der Waals surface area contributed by atoms with E-state index < -0.39 is 0 Å². The van der Waals surface area contributed by atoms with Gasteiger partial charge in [0.15, 0.2) is 5.78 Å². The van der Waals surface area contributed by atoms with E-state index in [-0.39, 0.29) is 11.9 Å². The molecule has 14 heavy (non-hydrogen) atoms. The van der Waals surface area contributed by atoms with E-state index in [4.69, 9.17) is 10.5 Å². The van der Waals surface area contributed by atoms with Gasteiger partial charge in [-0.25, -0.2) is 0 Å². The van der Waals surface area contributed by atoms with Gasteiger partial charge < -0.3 is 10.5 Å². The summed E-state index contributed by atoms with van der Waals surface area (Å²) in [4.78, 5) is 11.0. The maximum absolute atomic E-state index is 11.0. The molecule has 1 aromatic carbocycles. The molecule has 0 saturated heterocycles. The number of hydrogen-bond acceptors (Lipinski definition) is 3. The van der Waals surface area contributed by atoms with Gasteiger partial charge in [0.25, 0.3) is 0 Å². The molecule has 1 unspecified atom stereocenters. The van der Waals surface area contributed by atoms with E-state index in [1.54, 1.807) is 31.2 Å². The lowest BCUT2D eigenvalue weighted by atomic mass is 10.1. The number of ether oxygens (including phenoxy) is 1. The Labute approximate surface area is 83.9 Å². The van der Waals surface area contributed by atoms with E-state index in [1.165, 1.54) is 0 Å². The van der Waals surface area contributed by atoms with Crippen molar-refractivity contribution in [3.63, 3.8) is 0 Å². The molecular weight excluding hydrogens is 178 g/mol. The number of benzene rings is 1.